The molecule has 0 saturated carbocycles. The Morgan fingerprint density at radius 1 is 1.60 bits per heavy atom. The molecule has 1 fully saturated rings. The number of carbonyl (C=O) groups excluding carboxylic acids is 1. The molecule has 112 valence electrons. The summed E-state index contributed by atoms with van der Waals surface area (Å²) in [5.41, 5.74) is 2.88. The number of rotatable bonds is 5. The quantitative estimate of drug-likeness (QED) is 0.424. The number of aryl methyl sites for hydroxylation is 1. The Hall–Kier alpha value is -1.37. The van der Waals surface area contributed by atoms with Crippen molar-refractivity contribution >= 4 is 5.91 Å². The number of nitrogens with zero attached hydrogens (tertiary/aromatic N) is 1. The van der Waals surface area contributed by atoms with E-state index < -0.39 is 5.91 Å². The topological polar surface area (TPSA) is 91.7 Å². The van der Waals surface area contributed by atoms with Crippen molar-refractivity contribution in [2.75, 3.05) is 13.2 Å². The van der Waals surface area contributed by atoms with E-state index in [1.54, 1.807) is 0 Å². The van der Waals surface area contributed by atoms with Crippen LogP contribution in [0.15, 0.2) is 10.5 Å². The highest BCUT2D eigenvalue weighted by Gasteiger charge is 2.24. The number of hydrogen-bond donors (Lipinski definition) is 3. The van der Waals surface area contributed by atoms with E-state index in [1.807, 2.05) is 13.0 Å². The Morgan fingerprint density at radius 2 is 2.40 bits per heavy atom. The number of amides is 1. The molecule has 20 heavy (non-hydrogen) atoms. The van der Waals surface area contributed by atoms with Gasteiger partial charge in [0.05, 0.1) is 6.54 Å². The molecule has 1 saturated heterocycles. The summed E-state index contributed by atoms with van der Waals surface area (Å²) in [6.07, 6.45) is 4.27. The molecule has 0 aromatic carbocycles. The summed E-state index contributed by atoms with van der Waals surface area (Å²) in [6, 6.07) is 2.28. The van der Waals surface area contributed by atoms with Gasteiger partial charge in [-0.25, -0.2) is 5.84 Å². The van der Waals surface area contributed by atoms with Gasteiger partial charge in [0.2, 0.25) is 0 Å². The number of aliphatic hydroxyl groups excluding tert-OH is 1. The molecule has 6 nitrogen and oxygen atoms in total. The van der Waals surface area contributed by atoms with Crippen LogP contribution in [0.4, 0.5) is 0 Å². The van der Waals surface area contributed by atoms with E-state index in [-0.39, 0.29) is 12.4 Å². The minimum absolute atomic E-state index is 0.208. The van der Waals surface area contributed by atoms with Gasteiger partial charge in [-0.3, -0.25) is 15.1 Å². The predicted octanol–water partition coefficient (Wildman–Crippen LogP) is 0.928. The van der Waals surface area contributed by atoms with Crippen LogP contribution in [0, 0.1) is 6.92 Å². The lowest BCUT2D eigenvalue weighted by Crippen LogP contribution is -2.39. The van der Waals surface area contributed by atoms with Gasteiger partial charge in [-0.2, -0.15) is 0 Å². The van der Waals surface area contributed by atoms with Crippen LogP contribution in [0.25, 0.3) is 0 Å². The van der Waals surface area contributed by atoms with Crippen molar-refractivity contribution in [3.63, 3.8) is 0 Å². The molecule has 6 heteroatoms. The fraction of sp³-hybridized carbons (Fsp3) is 0.643. The van der Waals surface area contributed by atoms with Crippen molar-refractivity contribution in [2.24, 2.45) is 5.84 Å². The van der Waals surface area contributed by atoms with Crippen LogP contribution in [0.1, 0.15) is 47.6 Å². The van der Waals surface area contributed by atoms with Crippen molar-refractivity contribution < 1.29 is 14.3 Å². The second kappa shape index (κ2) is 6.88. The van der Waals surface area contributed by atoms with E-state index in [4.69, 9.17) is 15.4 Å². The Kier molecular flexibility index (Phi) is 5.17. The molecule has 0 spiro atoms. The number of piperidine rings is 1. The SMILES string of the molecule is Cc1cc(CN2CCCCC2CCO)oc1C(=O)NN. The number of hydrogen-bond acceptors (Lipinski definition) is 5. The lowest BCUT2D eigenvalue weighted by atomic mass is 9.99. The van der Waals surface area contributed by atoms with Gasteiger partial charge in [-0.05, 0) is 38.8 Å². The van der Waals surface area contributed by atoms with Crippen molar-refractivity contribution in [3.8, 4) is 0 Å². The van der Waals surface area contributed by atoms with Crippen LogP contribution >= 0.6 is 0 Å². The molecule has 1 aromatic heterocycles. The summed E-state index contributed by atoms with van der Waals surface area (Å²) in [6.45, 7) is 3.71. The number of nitrogens with two attached hydrogens (primary N) is 1. The second-order valence-electron chi connectivity index (χ2n) is 5.33. The smallest absolute Gasteiger partial charge is 0.301 e. The summed E-state index contributed by atoms with van der Waals surface area (Å²) in [5.74, 6) is 5.77. The number of nitrogen functional groups attached to an aromatic ring is 1. The van der Waals surface area contributed by atoms with Crippen LogP contribution in [-0.4, -0.2) is 35.1 Å². The first-order valence-electron chi connectivity index (χ1n) is 7.11. The lowest BCUT2D eigenvalue weighted by Gasteiger charge is -2.34. The maximum Gasteiger partial charge on any atom is 0.301 e. The minimum atomic E-state index is -0.403. The van der Waals surface area contributed by atoms with Gasteiger partial charge >= 0.3 is 5.91 Å². The molecule has 1 aliphatic rings. The lowest BCUT2D eigenvalue weighted by molar-refractivity contribution is 0.0905. The van der Waals surface area contributed by atoms with Crippen LogP contribution in [0.3, 0.4) is 0 Å². The number of hydrazine groups is 1. The van der Waals surface area contributed by atoms with E-state index in [0.29, 0.717) is 12.6 Å². The molecule has 0 radical (unpaired) electrons. The normalized spacial score (nSPS) is 20.1. The molecular formula is C14H23N3O3. The molecular weight excluding hydrogens is 258 g/mol. The molecule has 1 amide bonds. The monoisotopic (exact) mass is 281 g/mol. The van der Waals surface area contributed by atoms with Crippen LogP contribution < -0.4 is 11.3 Å². The molecule has 1 unspecified atom stereocenters. The van der Waals surface area contributed by atoms with Gasteiger partial charge in [0, 0.05) is 18.2 Å². The maximum absolute atomic E-state index is 11.5. The summed E-state index contributed by atoms with van der Waals surface area (Å²) in [7, 11) is 0. The first-order valence-corrected chi connectivity index (χ1v) is 7.11. The highest BCUT2D eigenvalue weighted by Crippen LogP contribution is 2.23. The molecule has 0 aliphatic carbocycles. The zero-order chi connectivity index (χ0) is 14.5. The molecule has 4 N–H and O–H groups in total. The average molecular weight is 281 g/mol. The van der Waals surface area contributed by atoms with E-state index in [1.165, 1.54) is 6.42 Å². The predicted molar refractivity (Wildman–Crippen MR) is 74.9 cm³/mol. The number of likely N-dealkylation sites (tertiary alicyclic amines) is 1. The Labute approximate surface area is 118 Å². The number of nitrogens with one attached hydrogen (secondary N) is 1. The number of carbonyl (C=O) groups is 1. The van der Waals surface area contributed by atoms with Crippen LogP contribution in [-0.2, 0) is 6.54 Å². The highest BCUT2D eigenvalue weighted by molar-refractivity contribution is 5.92. The summed E-state index contributed by atoms with van der Waals surface area (Å²) in [5, 5.41) is 9.14. The van der Waals surface area contributed by atoms with Crippen molar-refractivity contribution in [2.45, 2.75) is 45.2 Å². The molecule has 1 aromatic rings. The fourth-order valence-corrected chi connectivity index (χ4v) is 2.86. The third-order valence-corrected chi connectivity index (χ3v) is 3.88. The molecule has 1 aliphatic heterocycles. The van der Waals surface area contributed by atoms with Crippen molar-refractivity contribution in [1.82, 2.24) is 10.3 Å². The molecule has 2 heterocycles. The average Bonchev–Trinajstić information content (AvgIpc) is 2.81. The van der Waals surface area contributed by atoms with Crippen LogP contribution in [0.5, 0.6) is 0 Å². The van der Waals surface area contributed by atoms with Gasteiger partial charge in [-0.1, -0.05) is 6.42 Å². The number of furan rings is 1. The Bertz CT molecular complexity index is 457. The van der Waals surface area contributed by atoms with Gasteiger partial charge in [0.25, 0.3) is 0 Å². The van der Waals surface area contributed by atoms with E-state index in [0.717, 1.165) is 37.1 Å². The van der Waals surface area contributed by atoms with Gasteiger partial charge in [-0.15, -0.1) is 0 Å². The molecule has 2 rings (SSSR count). The summed E-state index contributed by atoms with van der Waals surface area (Å²) >= 11 is 0. The van der Waals surface area contributed by atoms with Crippen LogP contribution in [0.2, 0.25) is 0 Å². The molecule has 1 atom stereocenters. The standard InChI is InChI=1S/C14H23N3O3/c1-10-8-12(20-13(10)14(19)16-15)9-17-6-3-2-4-11(17)5-7-18/h8,11,18H,2-7,9,15H2,1H3,(H,16,19). The minimum Gasteiger partial charge on any atom is -0.454 e. The van der Waals surface area contributed by atoms with E-state index in [2.05, 4.69) is 10.3 Å². The largest absolute Gasteiger partial charge is 0.454 e. The first-order chi connectivity index (χ1) is 9.65. The van der Waals surface area contributed by atoms with Gasteiger partial charge in [0.1, 0.15) is 5.76 Å². The summed E-state index contributed by atoms with van der Waals surface area (Å²) < 4.78 is 5.60. The summed E-state index contributed by atoms with van der Waals surface area (Å²) in [4.78, 5) is 13.9. The van der Waals surface area contributed by atoms with Gasteiger partial charge < -0.3 is 9.52 Å². The third kappa shape index (κ3) is 3.39. The highest BCUT2D eigenvalue weighted by atomic mass is 16.4. The Balaban J connectivity index is 2.06. The molecule has 0 bridgehead atoms. The Morgan fingerprint density at radius 3 is 3.10 bits per heavy atom. The maximum atomic E-state index is 11.5. The second-order valence-corrected chi connectivity index (χ2v) is 5.33. The van der Waals surface area contributed by atoms with E-state index >= 15 is 0 Å². The number of aliphatic hydroxyl groups is 1. The zero-order valence-electron chi connectivity index (χ0n) is 11.9. The third-order valence-electron chi connectivity index (χ3n) is 3.88. The zero-order valence-corrected chi connectivity index (χ0v) is 11.9. The van der Waals surface area contributed by atoms with Crippen molar-refractivity contribution in [1.29, 1.82) is 0 Å². The van der Waals surface area contributed by atoms with E-state index in [9.17, 15) is 4.79 Å². The first kappa shape index (κ1) is 15.0. The van der Waals surface area contributed by atoms with Crippen molar-refractivity contribution in [3.05, 3.63) is 23.2 Å². The fourth-order valence-electron chi connectivity index (χ4n) is 2.86. The van der Waals surface area contributed by atoms with Gasteiger partial charge in [0.15, 0.2) is 5.76 Å².